The molecule has 1 unspecified atom stereocenters. The average Bonchev–Trinajstić information content (AvgIpc) is 3.26. The van der Waals surface area contributed by atoms with Gasteiger partial charge >= 0.3 is 0 Å². The van der Waals surface area contributed by atoms with Gasteiger partial charge in [0.05, 0.1) is 6.54 Å². The zero-order valence-corrected chi connectivity index (χ0v) is 21.6. The molecule has 1 aromatic rings. The quantitative estimate of drug-likeness (QED) is 0.300. The lowest BCUT2D eigenvalue weighted by atomic mass is 10.00. The van der Waals surface area contributed by atoms with Gasteiger partial charge in [0.2, 0.25) is 5.91 Å². The van der Waals surface area contributed by atoms with E-state index in [0.717, 1.165) is 38.6 Å². The number of aliphatic imine (C=N–C) groups is 1. The number of carbonyl (C=O) groups is 1. The van der Waals surface area contributed by atoms with Crippen molar-refractivity contribution in [1.82, 2.24) is 20.4 Å². The third kappa shape index (κ3) is 8.96. The molecular weight excluding hydrogens is 501 g/mol. The van der Waals surface area contributed by atoms with E-state index in [-0.39, 0.29) is 29.9 Å². The fourth-order valence-corrected chi connectivity index (χ4v) is 4.32. The maximum Gasteiger partial charge on any atom is 0.224 e. The molecule has 2 aliphatic heterocycles. The maximum atomic E-state index is 12.4. The first-order chi connectivity index (χ1) is 14.6. The molecule has 7 heteroatoms. The molecule has 174 valence electrons. The van der Waals surface area contributed by atoms with Crippen LogP contribution in [0.2, 0.25) is 0 Å². The van der Waals surface area contributed by atoms with E-state index in [9.17, 15) is 4.79 Å². The predicted octanol–water partition coefficient (Wildman–Crippen LogP) is 3.60. The molecule has 2 fully saturated rings. The van der Waals surface area contributed by atoms with Gasteiger partial charge in [0.25, 0.3) is 0 Å². The number of nitrogens with zero attached hydrogens (tertiary/aromatic N) is 3. The van der Waals surface area contributed by atoms with E-state index in [1.165, 1.54) is 43.5 Å². The minimum absolute atomic E-state index is 0. The van der Waals surface area contributed by atoms with Gasteiger partial charge in [-0.3, -0.25) is 9.69 Å². The Bertz CT molecular complexity index is 688. The molecule has 0 aliphatic carbocycles. The molecule has 0 bridgehead atoms. The smallest absolute Gasteiger partial charge is 0.224 e. The van der Waals surface area contributed by atoms with Gasteiger partial charge in [-0.05, 0) is 62.7 Å². The van der Waals surface area contributed by atoms with Crippen LogP contribution in [0.4, 0.5) is 0 Å². The van der Waals surface area contributed by atoms with Crippen LogP contribution in [-0.2, 0) is 17.9 Å². The Morgan fingerprint density at radius 2 is 1.77 bits per heavy atom. The van der Waals surface area contributed by atoms with Crippen LogP contribution in [0.1, 0.15) is 57.1 Å². The summed E-state index contributed by atoms with van der Waals surface area (Å²) in [5.74, 6) is 1.65. The van der Waals surface area contributed by atoms with Crippen molar-refractivity contribution in [2.45, 2.75) is 59.0 Å². The fourth-order valence-electron chi connectivity index (χ4n) is 4.32. The summed E-state index contributed by atoms with van der Waals surface area (Å²) in [5.41, 5.74) is 2.58. The number of rotatable bonds is 8. The number of carbonyl (C=O) groups excluding carboxylic acids is 1. The molecular formula is C24H40IN5O. The summed E-state index contributed by atoms with van der Waals surface area (Å²) in [6.07, 6.45) is 5.54. The van der Waals surface area contributed by atoms with Crippen molar-refractivity contribution in [2.24, 2.45) is 10.9 Å². The molecule has 2 saturated heterocycles. The lowest BCUT2D eigenvalue weighted by Gasteiger charge is -2.31. The number of benzene rings is 1. The van der Waals surface area contributed by atoms with Crippen molar-refractivity contribution in [1.29, 1.82) is 0 Å². The van der Waals surface area contributed by atoms with E-state index < -0.39 is 0 Å². The molecule has 2 aliphatic rings. The standard InChI is InChI=1S/C24H39N5O.HI/c1-3-25-24(26-13-12-23(30)29-16-6-7-20(2)18-29)27-17-21-8-10-22(11-9-21)19-28-14-4-5-15-28;/h8-11,20H,3-7,12-19H2,1-2H3,(H2,25,26,27);1H. The second-order valence-corrected chi connectivity index (χ2v) is 8.76. The molecule has 31 heavy (non-hydrogen) atoms. The number of hydrogen-bond acceptors (Lipinski definition) is 3. The molecule has 0 saturated carbocycles. The molecule has 1 amide bonds. The topological polar surface area (TPSA) is 60.0 Å². The van der Waals surface area contributed by atoms with Crippen molar-refractivity contribution in [2.75, 3.05) is 39.3 Å². The molecule has 0 radical (unpaired) electrons. The van der Waals surface area contributed by atoms with Crippen molar-refractivity contribution in [3.8, 4) is 0 Å². The van der Waals surface area contributed by atoms with Crippen LogP contribution in [0, 0.1) is 5.92 Å². The lowest BCUT2D eigenvalue weighted by Crippen LogP contribution is -2.42. The Hall–Kier alpha value is -1.35. The Balaban J connectivity index is 0.00000341. The first-order valence-electron chi connectivity index (χ1n) is 11.7. The average molecular weight is 542 g/mol. The highest BCUT2D eigenvalue weighted by Crippen LogP contribution is 2.16. The van der Waals surface area contributed by atoms with Gasteiger partial charge in [-0.15, -0.1) is 24.0 Å². The number of nitrogens with one attached hydrogen (secondary N) is 2. The van der Waals surface area contributed by atoms with E-state index >= 15 is 0 Å². The largest absolute Gasteiger partial charge is 0.357 e. The van der Waals surface area contributed by atoms with Crippen LogP contribution in [0.15, 0.2) is 29.3 Å². The number of halogens is 1. The number of piperidine rings is 1. The third-order valence-electron chi connectivity index (χ3n) is 6.03. The van der Waals surface area contributed by atoms with Crippen LogP contribution >= 0.6 is 24.0 Å². The first-order valence-corrected chi connectivity index (χ1v) is 11.7. The zero-order chi connectivity index (χ0) is 21.2. The first kappa shape index (κ1) is 25.9. The van der Waals surface area contributed by atoms with Gasteiger partial charge in [-0.2, -0.15) is 0 Å². The summed E-state index contributed by atoms with van der Waals surface area (Å²) in [6, 6.07) is 8.81. The van der Waals surface area contributed by atoms with E-state index in [0.29, 0.717) is 25.4 Å². The van der Waals surface area contributed by atoms with Crippen LogP contribution in [-0.4, -0.2) is 60.9 Å². The zero-order valence-electron chi connectivity index (χ0n) is 19.2. The van der Waals surface area contributed by atoms with Crippen LogP contribution in [0.3, 0.4) is 0 Å². The van der Waals surface area contributed by atoms with Crippen LogP contribution in [0.25, 0.3) is 0 Å². The van der Waals surface area contributed by atoms with Crippen molar-refractivity contribution < 1.29 is 4.79 Å². The maximum absolute atomic E-state index is 12.4. The van der Waals surface area contributed by atoms with Gasteiger partial charge in [0.1, 0.15) is 0 Å². The molecule has 0 aromatic heterocycles. The molecule has 1 atom stereocenters. The molecule has 1 aromatic carbocycles. The van der Waals surface area contributed by atoms with Gasteiger partial charge in [-0.25, -0.2) is 4.99 Å². The van der Waals surface area contributed by atoms with Gasteiger partial charge < -0.3 is 15.5 Å². The Morgan fingerprint density at radius 3 is 2.45 bits per heavy atom. The van der Waals surface area contributed by atoms with Gasteiger partial charge in [-0.1, -0.05) is 31.2 Å². The number of likely N-dealkylation sites (tertiary alicyclic amines) is 2. The van der Waals surface area contributed by atoms with Gasteiger partial charge in [0, 0.05) is 39.1 Å². The molecule has 2 N–H and O–H groups in total. The highest BCUT2D eigenvalue weighted by molar-refractivity contribution is 14.0. The monoisotopic (exact) mass is 541 g/mol. The van der Waals surface area contributed by atoms with Crippen molar-refractivity contribution in [3.05, 3.63) is 35.4 Å². The minimum Gasteiger partial charge on any atom is -0.357 e. The van der Waals surface area contributed by atoms with Crippen LogP contribution < -0.4 is 10.6 Å². The number of guanidine groups is 1. The molecule has 0 spiro atoms. The van der Waals surface area contributed by atoms with E-state index in [4.69, 9.17) is 4.99 Å². The highest BCUT2D eigenvalue weighted by Gasteiger charge is 2.20. The Labute approximate surface area is 205 Å². The summed E-state index contributed by atoms with van der Waals surface area (Å²) < 4.78 is 0. The number of hydrogen-bond donors (Lipinski definition) is 2. The molecule has 6 nitrogen and oxygen atoms in total. The summed E-state index contributed by atoms with van der Waals surface area (Å²) in [7, 11) is 0. The van der Waals surface area contributed by atoms with E-state index in [2.05, 4.69) is 53.6 Å². The molecule has 2 heterocycles. The summed E-state index contributed by atoms with van der Waals surface area (Å²) in [5, 5.41) is 6.60. The Morgan fingerprint density at radius 1 is 1.06 bits per heavy atom. The summed E-state index contributed by atoms with van der Waals surface area (Å²) >= 11 is 0. The van der Waals surface area contributed by atoms with E-state index in [1.54, 1.807) is 0 Å². The molecule has 3 rings (SSSR count). The third-order valence-corrected chi connectivity index (χ3v) is 6.03. The number of amides is 1. The van der Waals surface area contributed by atoms with Gasteiger partial charge in [0.15, 0.2) is 5.96 Å². The SMILES string of the molecule is CCNC(=NCc1ccc(CN2CCCC2)cc1)NCCC(=O)N1CCCC(C)C1.I. The fraction of sp³-hybridized carbons (Fsp3) is 0.667. The predicted molar refractivity (Wildman–Crippen MR) is 139 cm³/mol. The summed E-state index contributed by atoms with van der Waals surface area (Å²) in [6.45, 7) is 11.7. The lowest BCUT2D eigenvalue weighted by molar-refractivity contribution is -0.132. The Kier molecular flexibility index (Phi) is 11.6. The van der Waals surface area contributed by atoms with E-state index in [1.807, 2.05) is 4.90 Å². The summed E-state index contributed by atoms with van der Waals surface area (Å²) in [4.78, 5) is 21.7. The highest BCUT2D eigenvalue weighted by atomic mass is 127. The van der Waals surface area contributed by atoms with Crippen LogP contribution in [0.5, 0.6) is 0 Å². The van der Waals surface area contributed by atoms with Crippen molar-refractivity contribution in [3.63, 3.8) is 0 Å². The second kappa shape index (κ2) is 13.9. The van der Waals surface area contributed by atoms with Crippen molar-refractivity contribution >= 4 is 35.8 Å². The normalized spacial score (nSPS) is 19.7. The second-order valence-electron chi connectivity index (χ2n) is 8.76. The minimum atomic E-state index is 0.